The molecule has 4 aliphatic carbocycles. The number of Topliss-reactive ketones (excluding diaryl/α,β-unsaturated/α-hetero) is 2. The average Bonchev–Trinajstić information content (AvgIpc) is 3.32. The van der Waals surface area contributed by atoms with Crippen LogP contribution >= 0.6 is 0 Å². The van der Waals surface area contributed by atoms with Gasteiger partial charge in [-0.2, -0.15) is 0 Å². The summed E-state index contributed by atoms with van der Waals surface area (Å²) in [7, 11) is 0. The lowest BCUT2D eigenvalue weighted by atomic mass is 9.45. The van der Waals surface area contributed by atoms with Crippen molar-refractivity contribution in [1.29, 1.82) is 0 Å². The number of hydrogen-bond acceptors (Lipinski definition) is 9. The number of benzene rings is 1. The molecule has 268 valence electrons. The summed E-state index contributed by atoms with van der Waals surface area (Å²) in [5.74, 6) is -3.55. The molecule has 3 fully saturated rings. The molecule has 11 nitrogen and oxygen atoms in total. The molecule has 2 amide bonds. The first-order chi connectivity index (χ1) is 23.0. The lowest BCUT2D eigenvalue weighted by Crippen LogP contribution is -2.64. The zero-order valence-corrected chi connectivity index (χ0v) is 29.1. The number of nitrogens with one attached hydrogen (secondary N) is 2. The molecule has 0 radical (unpaired) electrons. The van der Waals surface area contributed by atoms with Crippen LogP contribution in [0.2, 0.25) is 0 Å². The molecule has 0 spiro atoms. The van der Waals surface area contributed by atoms with Gasteiger partial charge >= 0.3 is 0 Å². The lowest BCUT2D eigenvalue weighted by molar-refractivity contribution is -0.202. The number of nitrogens with two attached hydrogens (primary N) is 1. The van der Waals surface area contributed by atoms with Gasteiger partial charge in [0, 0.05) is 11.8 Å². The molecular formula is C38H53N3O8. The van der Waals surface area contributed by atoms with Gasteiger partial charge in [0.2, 0.25) is 23.4 Å². The van der Waals surface area contributed by atoms with Gasteiger partial charge < -0.3 is 31.7 Å². The van der Waals surface area contributed by atoms with Crippen molar-refractivity contribution in [2.75, 3.05) is 6.54 Å². The third kappa shape index (κ3) is 6.92. The van der Waals surface area contributed by atoms with E-state index < -0.39 is 65.2 Å². The number of aliphatic hydroxyl groups is 3. The van der Waals surface area contributed by atoms with Crippen molar-refractivity contribution in [3.63, 3.8) is 0 Å². The van der Waals surface area contributed by atoms with Gasteiger partial charge in [-0.3, -0.25) is 24.0 Å². The van der Waals surface area contributed by atoms with Crippen molar-refractivity contribution >= 4 is 29.2 Å². The summed E-state index contributed by atoms with van der Waals surface area (Å²) in [6.07, 6.45) is 2.70. The number of carbonyl (C=O) groups excluding carboxylic acids is 5. The Balaban J connectivity index is 1.22. The van der Waals surface area contributed by atoms with Gasteiger partial charge in [-0.25, -0.2) is 0 Å². The predicted octanol–water partition coefficient (Wildman–Crippen LogP) is 1.94. The van der Waals surface area contributed by atoms with Crippen LogP contribution in [0, 0.1) is 34.5 Å². The maximum absolute atomic E-state index is 13.4. The number of hydrogen-bond donors (Lipinski definition) is 6. The van der Waals surface area contributed by atoms with Crippen LogP contribution in [0.15, 0.2) is 42.0 Å². The van der Waals surface area contributed by atoms with Crippen LogP contribution in [-0.2, 0) is 30.4 Å². The maximum Gasteiger partial charge on any atom is 0.242 e. The minimum atomic E-state index is -2.04. The molecule has 1 aromatic carbocycles. The first kappa shape index (κ1) is 37.0. The summed E-state index contributed by atoms with van der Waals surface area (Å²) in [6.45, 7) is 6.96. The smallest absolute Gasteiger partial charge is 0.242 e. The summed E-state index contributed by atoms with van der Waals surface area (Å²) in [6, 6.07) is 7.32. The highest BCUT2D eigenvalue weighted by Crippen LogP contribution is 2.68. The first-order valence-electron chi connectivity index (χ1n) is 17.8. The van der Waals surface area contributed by atoms with E-state index in [0.29, 0.717) is 19.3 Å². The first-order valence-corrected chi connectivity index (χ1v) is 17.8. The third-order valence-corrected chi connectivity index (χ3v) is 12.5. The van der Waals surface area contributed by atoms with Crippen molar-refractivity contribution in [1.82, 2.24) is 10.6 Å². The molecule has 10 atom stereocenters. The molecule has 0 saturated heterocycles. The van der Waals surface area contributed by atoms with Crippen LogP contribution in [-0.4, -0.2) is 80.9 Å². The van der Waals surface area contributed by atoms with E-state index in [1.807, 2.05) is 44.2 Å². The highest BCUT2D eigenvalue weighted by molar-refractivity contribution is 6.40. The maximum atomic E-state index is 13.4. The number of aliphatic hydroxyl groups excluding tert-OH is 2. The van der Waals surface area contributed by atoms with Gasteiger partial charge in [-0.1, -0.05) is 63.6 Å². The second-order valence-electron chi connectivity index (χ2n) is 15.9. The minimum absolute atomic E-state index is 0.00580. The number of amides is 2. The monoisotopic (exact) mass is 679 g/mol. The van der Waals surface area contributed by atoms with Gasteiger partial charge in [-0.15, -0.1) is 0 Å². The van der Waals surface area contributed by atoms with Gasteiger partial charge in [0.05, 0.1) is 18.7 Å². The number of rotatable bonds is 12. The van der Waals surface area contributed by atoms with Crippen LogP contribution in [0.3, 0.4) is 0 Å². The van der Waals surface area contributed by atoms with Crippen molar-refractivity contribution in [3.8, 4) is 0 Å². The third-order valence-electron chi connectivity index (χ3n) is 12.5. The Hall–Kier alpha value is -3.25. The molecule has 1 aromatic rings. The van der Waals surface area contributed by atoms with E-state index in [-0.39, 0.29) is 60.6 Å². The summed E-state index contributed by atoms with van der Waals surface area (Å²) in [4.78, 5) is 64.8. The minimum Gasteiger partial charge on any atom is -0.393 e. The van der Waals surface area contributed by atoms with Crippen molar-refractivity contribution < 1.29 is 39.3 Å². The lowest BCUT2D eigenvalue weighted by Gasteiger charge is -2.61. The molecule has 4 aliphatic rings. The van der Waals surface area contributed by atoms with Crippen LogP contribution in [0.4, 0.5) is 0 Å². The molecule has 11 heteroatoms. The standard InChI is InChI=1S/C38H53N3O8/c1-21(2)16-28(41-34(47)27(39)17-22-8-6-5-7-9-22)35(48)40-20-30(44)32(45)33(46)38(49)15-13-26-25-11-10-23-18-24(42)12-14-36(23,3)31(25)29(43)19-37(26,38)4/h5-9,18,21,25-29,31,33,43,46,49H,10-17,19-20,39H2,1-4H3,(H,40,48)(H,41,47)/t25-,26-,27-,28-,29+,31+,33?,36-,37-,38-/m0/s1. The van der Waals surface area contributed by atoms with E-state index in [9.17, 15) is 39.3 Å². The number of carbonyl (C=O) groups is 5. The number of ketones is 3. The quantitative estimate of drug-likeness (QED) is 0.179. The molecular weight excluding hydrogens is 626 g/mol. The summed E-state index contributed by atoms with van der Waals surface area (Å²) in [5, 5.41) is 40.2. The summed E-state index contributed by atoms with van der Waals surface area (Å²) < 4.78 is 0. The van der Waals surface area contributed by atoms with Crippen LogP contribution < -0.4 is 16.4 Å². The fourth-order valence-electron chi connectivity index (χ4n) is 9.86. The molecule has 1 unspecified atom stereocenters. The number of allylic oxidation sites excluding steroid dienone is 1. The van der Waals surface area contributed by atoms with Crippen LogP contribution in [0.1, 0.15) is 84.6 Å². The fourth-order valence-corrected chi connectivity index (χ4v) is 9.86. The average molecular weight is 680 g/mol. The Labute approximate surface area is 288 Å². The van der Waals surface area contributed by atoms with E-state index in [1.54, 1.807) is 13.0 Å². The van der Waals surface area contributed by atoms with Gasteiger partial charge in [0.1, 0.15) is 17.7 Å². The normalized spacial score (nSPS) is 34.1. The summed E-state index contributed by atoms with van der Waals surface area (Å²) in [5.41, 5.74) is 4.73. The summed E-state index contributed by atoms with van der Waals surface area (Å²) >= 11 is 0. The Morgan fingerprint density at radius 3 is 2.39 bits per heavy atom. The molecule has 0 heterocycles. The van der Waals surface area contributed by atoms with E-state index in [4.69, 9.17) is 5.73 Å². The number of fused-ring (bicyclic) bond motifs is 5. The Morgan fingerprint density at radius 2 is 1.71 bits per heavy atom. The van der Waals surface area contributed by atoms with E-state index >= 15 is 0 Å². The van der Waals surface area contributed by atoms with Crippen molar-refractivity contribution in [3.05, 3.63) is 47.5 Å². The molecule has 5 rings (SSSR count). The van der Waals surface area contributed by atoms with Gasteiger partial charge in [0.15, 0.2) is 5.78 Å². The van der Waals surface area contributed by atoms with Crippen LogP contribution in [0.5, 0.6) is 0 Å². The second kappa shape index (κ2) is 14.2. The van der Waals surface area contributed by atoms with Gasteiger partial charge in [0.25, 0.3) is 0 Å². The van der Waals surface area contributed by atoms with E-state index in [2.05, 4.69) is 17.6 Å². The SMILES string of the molecule is CC(C)C[C@H](NC(=O)[C@@H](N)Cc1ccccc1)C(=O)NCC(=O)C(=O)C(O)[C@@]1(O)CC[C@H]2[C@@H]3CCC4=CC(=O)CC[C@]4(C)[C@H]3[C@H](O)C[C@@]21C. The molecule has 49 heavy (non-hydrogen) atoms. The van der Waals surface area contributed by atoms with E-state index in [1.165, 1.54) is 0 Å². The molecule has 3 saturated carbocycles. The fraction of sp³-hybridized carbons (Fsp3) is 0.658. The highest BCUT2D eigenvalue weighted by Gasteiger charge is 2.69. The van der Waals surface area contributed by atoms with Crippen LogP contribution in [0.25, 0.3) is 0 Å². The van der Waals surface area contributed by atoms with E-state index in [0.717, 1.165) is 24.0 Å². The van der Waals surface area contributed by atoms with Gasteiger partial charge in [-0.05, 0) is 92.1 Å². The highest BCUT2D eigenvalue weighted by atomic mass is 16.4. The molecule has 0 aliphatic heterocycles. The predicted molar refractivity (Wildman–Crippen MR) is 182 cm³/mol. The topological polar surface area (TPSA) is 196 Å². The van der Waals surface area contributed by atoms with Crippen molar-refractivity contribution in [2.45, 2.75) is 115 Å². The molecule has 7 N–H and O–H groups in total. The Kier molecular flexibility index (Phi) is 10.7. The Bertz CT molecular complexity index is 1490. The van der Waals surface area contributed by atoms with Crippen molar-refractivity contribution in [2.24, 2.45) is 40.2 Å². The largest absolute Gasteiger partial charge is 0.393 e. The molecule has 0 bridgehead atoms. The Morgan fingerprint density at radius 1 is 1.02 bits per heavy atom. The zero-order valence-electron chi connectivity index (χ0n) is 29.1. The molecule has 0 aromatic heterocycles. The second-order valence-corrected chi connectivity index (χ2v) is 15.9. The zero-order chi connectivity index (χ0) is 35.9.